The van der Waals surface area contributed by atoms with E-state index in [9.17, 15) is 13.2 Å². The highest BCUT2D eigenvalue weighted by Crippen LogP contribution is 2.39. The number of ether oxygens (including phenoxy) is 2. The Balaban J connectivity index is 1.39. The quantitative estimate of drug-likeness (QED) is 0.402. The zero-order valence-electron chi connectivity index (χ0n) is 23.8. The minimum absolute atomic E-state index is 0.0296. The third-order valence-corrected chi connectivity index (χ3v) is 10.7. The van der Waals surface area contributed by atoms with Gasteiger partial charge in [-0.1, -0.05) is 6.92 Å². The molecule has 0 N–H and O–H groups in total. The van der Waals surface area contributed by atoms with Gasteiger partial charge in [0.25, 0.3) is 0 Å². The van der Waals surface area contributed by atoms with Crippen molar-refractivity contribution < 1.29 is 22.7 Å². The molecule has 0 bridgehead atoms. The van der Waals surface area contributed by atoms with E-state index in [1.807, 2.05) is 11.9 Å². The van der Waals surface area contributed by atoms with Crippen molar-refractivity contribution in [3.63, 3.8) is 0 Å². The fourth-order valence-electron chi connectivity index (χ4n) is 5.80. The van der Waals surface area contributed by atoms with E-state index in [4.69, 9.17) is 9.47 Å². The van der Waals surface area contributed by atoms with Gasteiger partial charge in [0, 0.05) is 26.7 Å². The molecule has 1 aromatic rings. The second-order valence-corrected chi connectivity index (χ2v) is 13.3. The second kappa shape index (κ2) is 12.9. The highest BCUT2D eigenvalue weighted by Gasteiger charge is 2.36. The topological polar surface area (TPSA) is 79.4 Å². The highest BCUT2D eigenvalue weighted by molar-refractivity contribution is 7.89. The lowest BCUT2D eigenvalue weighted by molar-refractivity contribution is -0.139. The number of hydrogen-bond acceptors (Lipinski definition) is 6. The molecule has 210 valence electrons. The van der Waals surface area contributed by atoms with Crippen LogP contribution in [-0.4, -0.2) is 95.6 Å². The summed E-state index contributed by atoms with van der Waals surface area (Å²) in [7, 11) is 3.50. The van der Waals surface area contributed by atoms with Crippen LogP contribution in [0.1, 0.15) is 50.2 Å². The Bertz CT molecular complexity index is 1000. The van der Waals surface area contributed by atoms with E-state index in [2.05, 4.69) is 18.9 Å². The molecule has 1 heterocycles. The summed E-state index contributed by atoms with van der Waals surface area (Å²) in [5, 5.41) is 0. The van der Waals surface area contributed by atoms with Crippen LogP contribution in [0.25, 0.3) is 0 Å². The standard InChI is InChI=1S/C28H47N3O5S/c1-20-8-10-29(4)11-9-24(20)16-23-17-25(18-23)31(6)27(32)19-36-13-12-30(5)37(33,34)28-21(2)14-26(35-7)15-22(28)3/h14-15,20,23-25H,8-13,16-19H2,1-7H3. The first-order valence-electron chi connectivity index (χ1n) is 13.6. The predicted octanol–water partition coefficient (Wildman–Crippen LogP) is 3.55. The number of nitrogens with zero attached hydrogens (tertiary/aromatic N) is 3. The Morgan fingerprint density at radius 1 is 1.11 bits per heavy atom. The minimum atomic E-state index is -3.68. The number of aryl methyl sites for hydroxylation is 2. The SMILES string of the molecule is COc1cc(C)c(S(=O)(=O)N(C)CCOCC(=O)N(C)C2CC(CC3CCN(C)CCC3C)C2)c(C)c1. The molecule has 1 saturated heterocycles. The molecule has 1 amide bonds. The van der Waals surface area contributed by atoms with Crippen molar-refractivity contribution in [1.29, 1.82) is 0 Å². The number of carbonyl (C=O) groups excluding carboxylic acids is 1. The lowest BCUT2D eigenvalue weighted by atomic mass is 9.71. The molecule has 3 rings (SSSR count). The first kappa shape index (κ1) is 29.9. The highest BCUT2D eigenvalue weighted by atomic mass is 32.2. The van der Waals surface area contributed by atoms with Gasteiger partial charge in [-0.25, -0.2) is 8.42 Å². The third-order valence-electron chi connectivity index (χ3n) is 8.55. The van der Waals surface area contributed by atoms with Crippen LogP contribution in [0.5, 0.6) is 5.75 Å². The first-order valence-corrected chi connectivity index (χ1v) is 15.0. The van der Waals surface area contributed by atoms with Crippen LogP contribution in [0, 0.1) is 31.6 Å². The Morgan fingerprint density at radius 3 is 2.35 bits per heavy atom. The molecule has 9 heteroatoms. The summed E-state index contributed by atoms with van der Waals surface area (Å²) in [5.41, 5.74) is 1.28. The van der Waals surface area contributed by atoms with Crippen LogP contribution < -0.4 is 4.74 Å². The molecule has 0 spiro atoms. The Hall–Kier alpha value is -1.68. The van der Waals surface area contributed by atoms with Crippen molar-refractivity contribution in [2.75, 3.05) is 61.1 Å². The number of carbonyl (C=O) groups is 1. The summed E-state index contributed by atoms with van der Waals surface area (Å²) in [6.07, 6.45) is 5.98. The fourth-order valence-corrected chi connectivity index (χ4v) is 7.36. The van der Waals surface area contributed by atoms with Crippen molar-refractivity contribution >= 4 is 15.9 Å². The summed E-state index contributed by atoms with van der Waals surface area (Å²) in [6.45, 7) is 8.62. The predicted molar refractivity (Wildman–Crippen MR) is 146 cm³/mol. The summed E-state index contributed by atoms with van der Waals surface area (Å²) >= 11 is 0. The lowest BCUT2D eigenvalue weighted by Gasteiger charge is -2.43. The van der Waals surface area contributed by atoms with Gasteiger partial charge in [-0.2, -0.15) is 4.31 Å². The Labute approximate surface area is 224 Å². The Morgan fingerprint density at radius 2 is 1.73 bits per heavy atom. The van der Waals surface area contributed by atoms with Crippen LogP contribution in [-0.2, 0) is 19.6 Å². The van der Waals surface area contributed by atoms with Gasteiger partial charge in [-0.05, 0) is 107 Å². The number of likely N-dealkylation sites (N-methyl/N-ethyl adjacent to an activating group) is 2. The number of amides is 1. The second-order valence-electron chi connectivity index (χ2n) is 11.3. The van der Waals surface area contributed by atoms with Crippen molar-refractivity contribution in [3.8, 4) is 5.75 Å². The molecule has 1 aliphatic heterocycles. The number of likely N-dealkylation sites (tertiary alicyclic amines) is 1. The summed E-state index contributed by atoms with van der Waals surface area (Å²) in [4.78, 5) is 17.2. The molecule has 2 fully saturated rings. The maximum Gasteiger partial charge on any atom is 0.248 e. The van der Waals surface area contributed by atoms with Gasteiger partial charge in [-0.15, -0.1) is 0 Å². The number of sulfonamides is 1. The van der Waals surface area contributed by atoms with Crippen molar-refractivity contribution in [3.05, 3.63) is 23.3 Å². The first-order chi connectivity index (χ1) is 17.4. The van der Waals surface area contributed by atoms with E-state index < -0.39 is 10.0 Å². The average molecular weight is 538 g/mol. The number of rotatable bonds is 11. The monoisotopic (exact) mass is 537 g/mol. The van der Waals surface area contributed by atoms with Crippen LogP contribution in [0.15, 0.2) is 17.0 Å². The summed E-state index contributed by atoms with van der Waals surface area (Å²) in [6, 6.07) is 3.73. The smallest absolute Gasteiger partial charge is 0.248 e. The van der Waals surface area contributed by atoms with Gasteiger partial charge in [0.2, 0.25) is 15.9 Å². The number of benzene rings is 1. The maximum absolute atomic E-state index is 13.1. The van der Waals surface area contributed by atoms with Gasteiger partial charge in [0.15, 0.2) is 0 Å². The van der Waals surface area contributed by atoms with E-state index in [0.717, 1.165) is 24.7 Å². The maximum atomic E-state index is 13.1. The summed E-state index contributed by atoms with van der Waals surface area (Å²) < 4.78 is 38.4. The molecular weight excluding hydrogens is 490 g/mol. The van der Waals surface area contributed by atoms with Gasteiger partial charge in [-0.3, -0.25) is 4.79 Å². The lowest BCUT2D eigenvalue weighted by Crippen LogP contribution is -2.47. The molecular formula is C28H47N3O5S. The van der Waals surface area contributed by atoms with Crippen molar-refractivity contribution in [2.24, 2.45) is 17.8 Å². The molecule has 0 radical (unpaired) electrons. The third kappa shape index (κ3) is 7.46. The normalized spacial score (nSPS) is 25.0. The average Bonchev–Trinajstić information content (AvgIpc) is 2.97. The van der Waals surface area contributed by atoms with Crippen LogP contribution in [0.2, 0.25) is 0 Å². The molecule has 0 aromatic heterocycles. The van der Waals surface area contributed by atoms with Gasteiger partial charge in [0.1, 0.15) is 12.4 Å². The summed E-state index contributed by atoms with van der Waals surface area (Å²) in [5.74, 6) is 2.86. The van der Waals surface area contributed by atoms with E-state index in [0.29, 0.717) is 22.8 Å². The fraction of sp³-hybridized carbons (Fsp3) is 0.750. The number of methoxy groups -OCH3 is 1. The Kier molecular flexibility index (Phi) is 10.4. The molecule has 2 unspecified atom stereocenters. The van der Waals surface area contributed by atoms with Crippen molar-refractivity contribution in [1.82, 2.24) is 14.1 Å². The van der Waals surface area contributed by atoms with E-state index in [1.54, 1.807) is 33.1 Å². The van der Waals surface area contributed by atoms with Crippen LogP contribution in [0.4, 0.5) is 0 Å². The van der Waals surface area contributed by atoms with E-state index in [1.165, 1.54) is 43.7 Å². The minimum Gasteiger partial charge on any atom is -0.497 e. The largest absolute Gasteiger partial charge is 0.497 e. The molecule has 1 saturated carbocycles. The zero-order chi connectivity index (χ0) is 27.3. The number of hydrogen-bond donors (Lipinski definition) is 0. The van der Waals surface area contributed by atoms with Crippen molar-refractivity contribution in [2.45, 2.75) is 63.8 Å². The van der Waals surface area contributed by atoms with Gasteiger partial charge >= 0.3 is 0 Å². The molecule has 8 nitrogen and oxygen atoms in total. The van der Waals surface area contributed by atoms with E-state index >= 15 is 0 Å². The molecule has 1 aromatic carbocycles. The van der Waals surface area contributed by atoms with Gasteiger partial charge < -0.3 is 19.3 Å². The van der Waals surface area contributed by atoms with Crippen LogP contribution >= 0.6 is 0 Å². The molecule has 2 atom stereocenters. The van der Waals surface area contributed by atoms with E-state index in [-0.39, 0.29) is 36.6 Å². The molecule has 37 heavy (non-hydrogen) atoms. The van der Waals surface area contributed by atoms with Gasteiger partial charge in [0.05, 0.1) is 18.6 Å². The zero-order valence-corrected chi connectivity index (χ0v) is 24.6. The molecule has 1 aliphatic carbocycles. The molecule has 2 aliphatic rings. The van der Waals surface area contributed by atoms with Crippen LogP contribution in [0.3, 0.4) is 0 Å².